The maximum atomic E-state index is 12.0. The number of rotatable bonds is 4. The minimum Gasteiger partial charge on any atom is -0.354 e. The Balaban J connectivity index is 1.28. The zero-order valence-electron chi connectivity index (χ0n) is 13.2. The summed E-state index contributed by atoms with van der Waals surface area (Å²) in [4.78, 5) is 16.3. The molecule has 5 nitrogen and oxygen atoms in total. The van der Waals surface area contributed by atoms with Gasteiger partial charge in [-0.3, -0.25) is 4.79 Å². The first-order valence-electron chi connectivity index (χ1n) is 8.14. The normalized spacial score (nSPS) is 17.0. The number of hydrogen-bond donors (Lipinski definition) is 1. The van der Waals surface area contributed by atoms with Crippen LogP contribution in [0.1, 0.15) is 32.2 Å². The van der Waals surface area contributed by atoms with E-state index >= 15 is 0 Å². The second kappa shape index (κ2) is 5.92. The average Bonchev–Trinajstić information content (AvgIpc) is 3.13. The van der Waals surface area contributed by atoms with Gasteiger partial charge in [-0.1, -0.05) is 0 Å². The molecule has 1 aliphatic carbocycles. The van der Waals surface area contributed by atoms with Gasteiger partial charge in [-0.25, -0.2) is 0 Å². The lowest BCUT2D eigenvalue weighted by atomic mass is 10.00. The Labute approximate surface area is 139 Å². The number of fused-ring (bicyclic) bond motifs is 1. The summed E-state index contributed by atoms with van der Waals surface area (Å²) in [6.45, 7) is 4.63. The summed E-state index contributed by atoms with van der Waals surface area (Å²) in [6.07, 6.45) is 3.40. The first-order valence-corrected chi connectivity index (χ1v) is 8.96. The Bertz CT molecular complexity index is 736. The second-order valence-corrected chi connectivity index (χ2v) is 7.71. The number of hydrogen-bond acceptors (Lipinski definition) is 5. The predicted molar refractivity (Wildman–Crippen MR) is 91.1 cm³/mol. The van der Waals surface area contributed by atoms with Crippen molar-refractivity contribution in [3.05, 3.63) is 39.2 Å². The van der Waals surface area contributed by atoms with Crippen LogP contribution in [0.15, 0.2) is 18.2 Å². The molecule has 1 fully saturated rings. The summed E-state index contributed by atoms with van der Waals surface area (Å²) in [5, 5.41) is 11.7. The highest BCUT2D eigenvalue weighted by Crippen LogP contribution is 2.27. The second-order valence-electron chi connectivity index (χ2n) is 6.42. The van der Waals surface area contributed by atoms with E-state index in [0.29, 0.717) is 5.92 Å². The molecule has 23 heavy (non-hydrogen) atoms. The Morgan fingerprint density at radius 2 is 2.22 bits per heavy atom. The van der Waals surface area contributed by atoms with Gasteiger partial charge in [0.25, 0.3) is 5.91 Å². The SMILES string of the molecule is Cc1ccc(C(=O)NCC2CN(c3cc4c(nn3)CCC4)C2)s1. The van der Waals surface area contributed by atoms with Gasteiger partial charge in [-0.15, -0.1) is 16.4 Å². The summed E-state index contributed by atoms with van der Waals surface area (Å²) in [7, 11) is 0. The number of carbonyl (C=O) groups excluding carboxylic acids is 1. The van der Waals surface area contributed by atoms with Crippen LogP contribution < -0.4 is 10.2 Å². The fourth-order valence-corrected chi connectivity index (χ4v) is 4.02. The molecule has 1 aliphatic heterocycles. The van der Waals surface area contributed by atoms with Gasteiger partial charge in [0.2, 0.25) is 0 Å². The molecule has 0 atom stereocenters. The van der Waals surface area contributed by atoms with Crippen LogP contribution in [-0.4, -0.2) is 35.7 Å². The van der Waals surface area contributed by atoms with Gasteiger partial charge in [0.15, 0.2) is 5.82 Å². The highest BCUT2D eigenvalue weighted by atomic mass is 32.1. The largest absolute Gasteiger partial charge is 0.354 e. The zero-order valence-corrected chi connectivity index (χ0v) is 14.0. The lowest BCUT2D eigenvalue weighted by Gasteiger charge is -2.40. The van der Waals surface area contributed by atoms with Crippen LogP contribution in [-0.2, 0) is 12.8 Å². The number of carbonyl (C=O) groups is 1. The number of aromatic nitrogens is 2. The molecule has 1 amide bonds. The third kappa shape index (κ3) is 2.95. The average molecular weight is 328 g/mol. The summed E-state index contributed by atoms with van der Waals surface area (Å²) < 4.78 is 0. The molecule has 0 unspecified atom stereocenters. The van der Waals surface area contributed by atoms with Gasteiger partial charge >= 0.3 is 0 Å². The quantitative estimate of drug-likeness (QED) is 0.935. The van der Waals surface area contributed by atoms with Crippen LogP contribution in [0.4, 0.5) is 5.82 Å². The van der Waals surface area contributed by atoms with Crippen LogP contribution in [0.5, 0.6) is 0 Å². The Morgan fingerprint density at radius 1 is 1.35 bits per heavy atom. The first kappa shape index (κ1) is 14.6. The van der Waals surface area contributed by atoms with E-state index in [-0.39, 0.29) is 5.91 Å². The third-order valence-electron chi connectivity index (χ3n) is 4.60. The van der Waals surface area contributed by atoms with Gasteiger partial charge in [0.1, 0.15) is 0 Å². The number of nitrogens with zero attached hydrogens (tertiary/aromatic N) is 3. The lowest BCUT2D eigenvalue weighted by Crippen LogP contribution is -2.51. The predicted octanol–water partition coefficient (Wildman–Crippen LogP) is 2.20. The molecular weight excluding hydrogens is 308 g/mol. The fraction of sp³-hybridized carbons (Fsp3) is 0.471. The van der Waals surface area contributed by atoms with Crippen LogP contribution in [0.3, 0.4) is 0 Å². The molecule has 0 bridgehead atoms. The first-order chi connectivity index (χ1) is 11.2. The molecule has 2 aromatic heterocycles. The lowest BCUT2D eigenvalue weighted by molar-refractivity contribution is 0.0948. The van der Waals surface area contributed by atoms with Gasteiger partial charge in [0, 0.05) is 30.4 Å². The smallest absolute Gasteiger partial charge is 0.261 e. The van der Waals surface area contributed by atoms with E-state index in [9.17, 15) is 4.79 Å². The number of thiophene rings is 1. The maximum Gasteiger partial charge on any atom is 0.261 e. The van der Waals surface area contributed by atoms with Gasteiger partial charge < -0.3 is 10.2 Å². The van der Waals surface area contributed by atoms with Crippen molar-refractivity contribution in [2.24, 2.45) is 5.92 Å². The number of anilines is 1. The molecule has 120 valence electrons. The van der Waals surface area contributed by atoms with Gasteiger partial charge in [0.05, 0.1) is 10.6 Å². The van der Waals surface area contributed by atoms with E-state index in [1.54, 1.807) is 11.3 Å². The summed E-state index contributed by atoms with van der Waals surface area (Å²) in [6, 6.07) is 6.07. The van der Waals surface area contributed by atoms with E-state index in [0.717, 1.165) is 43.2 Å². The minimum atomic E-state index is 0.0406. The van der Waals surface area contributed by atoms with Crippen molar-refractivity contribution in [2.45, 2.75) is 26.2 Å². The highest BCUT2D eigenvalue weighted by Gasteiger charge is 2.29. The van der Waals surface area contributed by atoms with Crippen molar-refractivity contribution in [3.8, 4) is 0 Å². The topological polar surface area (TPSA) is 58.1 Å². The van der Waals surface area contributed by atoms with Gasteiger partial charge in [-0.05, 0) is 49.9 Å². The van der Waals surface area contributed by atoms with Crippen molar-refractivity contribution in [1.29, 1.82) is 0 Å². The van der Waals surface area contributed by atoms with Crippen LogP contribution in [0.25, 0.3) is 0 Å². The monoisotopic (exact) mass is 328 g/mol. The summed E-state index contributed by atoms with van der Waals surface area (Å²) >= 11 is 1.54. The van der Waals surface area contributed by atoms with E-state index in [1.807, 2.05) is 19.1 Å². The molecule has 0 aromatic carbocycles. The van der Waals surface area contributed by atoms with Crippen LogP contribution in [0.2, 0.25) is 0 Å². The molecule has 0 saturated carbocycles. The van der Waals surface area contributed by atoms with Crippen LogP contribution >= 0.6 is 11.3 Å². The van der Waals surface area contributed by atoms with Crippen molar-refractivity contribution < 1.29 is 4.79 Å². The van der Waals surface area contributed by atoms with Crippen molar-refractivity contribution in [3.63, 3.8) is 0 Å². The third-order valence-corrected chi connectivity index (χ3v) is 5.60. The summed E-state index contributed by atoms with van der Waals surface area (Å²) in [5.74, 6) is 1.52. The number of nitrogens with one attached hydrogen (secondary N) is 1. The Morgan fingerprint density at radius 3 is 3.00 bits per heavy atom. The maximum absolute atomic E-state index is 12.0. The Kier molecular flexibility index (Phi) is 3.77. The molecule has 0 spiro atoms. The number of amides is 1. The van der Waals surface area contributed by atoms with Crippen molar-refractivity contribution >= 4 is 23.1 Å². The molecule has 4 rings (SSSR count). The molecule has 6 heteroatoms. The van der Waals surface area contributed by atoms with Gasteiger partial charge in [-0.2, -0.15) is 5.10 Å². The van der Waals surface area contributed by atoms with Crippen molar-refractivity contribution in [2.75, 3.05) is 24.5 Å². The van der Waals surface area contributed by atoms with E-state index in [2.05, 4.69) is 26.5 Å². The van der Waals surface area contributed by atoms with Crippen molar-refractivity contribution in [1.82, 2.24) is 15.5 Å². The molecule has 2 aliphatic rings. The zero-order chi connectivity index (χ0) is 15.8. The van der Waals surface area contributed by atoms with Crippen LogP contribution in [0, 0.1) is 12.8 Å². The molecule has 1 saturated heterocycles. The van der Waals surface area contributed by atoms with E-state index < -0.39 is 0 Å². The molecular formula is C17H20N4OS. The highest BCUT2D eigenvalue weighted by molar-refractivity contribution is 7.13. The van der Waals surface area contributed by atoms with E-state index in [4.69, 9.17) is 0 Å². The van der Waals surface area contributed by atoms with E-state index in [1.165, 1.54) is 22.6 Å². The standard InChI is InChI=1S/C17H20N4OS/c1-11-5-6-15(23-11)17(22)18-8-12-9-21(10-12)16-7-13-3-2-4-14(13)19-20-16/h5-7,12H,2-4,8-10H2,1H3,(H,18,22). The molecule has 0 radical (unpaired) electrons. The Hall–Kier alpha value is -1.95. The fourth-order valence-electron chi connectivity index (χ4n) is 3.24. The molecule has 2 aromatic rings. The number of aryl methyl sites for hydroxylation is 3. The molecule has 1 N–H and O–H groups in total. The molecule has 3 heterocycles. The summed E-state index contributed by atoms with van der Waals surface area (Å²) in [5.41, 5.74) is 2.53. The minimum absolute atomic E-state index is 0.0406.